The van der Waals surface area contributed by atoms with E-state index in [1.54, 1.807) is 0 Å². The van der Waals surface area contributed by atoms with E-state index >= 15 is 0 Å². The molecule has 4 rings (SSSR count). The van der Waals surface area contributed by atoms with Crippen molar-refractivity contribution >= 4 is 22.4 Å². The van der Waals surface area contributed by atoms with Gasteiger partial charge in [0.1, 0.15) is 5.82 Å². The molecule has 122 valence electrons. The molecule has 0 saturated carbocycles. The Morgan fingerprint density at radius 3 is 2.71 bits per heavy atom. The van der Waals surface area contributed by atoms with E-state index in [0.29, 0.717) is 0 Å². The smallest absolute Gasteiger partial charge is 0.126 e. The molecule has 0 atom stereocenters. The molecule has 24 heavy (non-hydrogen) atoms. The van der Waals surface area contributed by atoms with Crippen molar-refractivity contribution in [2.45, 2.75) is 26.3 Å². The van der Waals surface area contributed by atoms with Crippen LogP contribution in [0.25, 0.3) is 10.9 Å². The molecular formula is C20H22N4. The van der Waals surface area contributed by atoms with Gasteiger partial charge in [0.2, 0.25) is 0 Å². The van der Waals surface area contributed by atoms with Gasteiger partial charge in [-0.2, -0.15) is 0 Å². The van der Waals surface area contributed by atoms with Gasteiger partial charge in [-0.1, -0.05) is 12.1 Å². The van der Waals surface area contributed by atoms with Crippen LogP contribution in [0, 0.1) is 6.92 Å². The van der Waals surface area contributed by atoms with Gasteiger partial charge in [-0.15, -0.1) is 0 Å². The molecule has 4 heteroatoms. The van der Waals surface area contributed by atoms with Crippen LogP contribution in [-0.2, 0) is 6.54 Å². The number of hydrogen-bond acceptors (Lipinski definition) is 4. The van der Waals surface area contributed by atoms with Crippen LogP contribution in [0.15, 0.2) is 48.7 Å². The third-order valence-electron chi connectivity index (χ3n) is 4.59. The highest BCUT2D eigenvalue weighted by Crippen LogP contribution is 2.21. The summed E-state index contributed by atoms with van der Waals surface area (Å²) in [6, 6.07) is 14.8. The molecule has 0 spiro atoms. The number of anilines is 2. The molecule has 0 amide bonds. The van der Waals surface area contributed by atoms with Gasteiger partial charge in [0.25, 0.3) is 0 Å². The topological polar surface area (TPSA) is 41.0 Å². The second kappa shape index (κ2) is 6.48. The van der Waals surface area contributed by atoms with E-state index in [-0.39, 0.29) is 0 Å². The molecule has 2 aromatic heterocycles. The molecule has 1 saturated heterocycles. The number of fused-ring (bicyclic) bond motifs is 1. The molecule has 1 fully saturated rings. The van der Waals surface area contributed by atoms with Crippen molar-refractivity contribution in [1.29, 1.82) is 0 Å². The summed E-state index contributed by atoms with van der Waals surface area (Å²) < 4.78 is 0. The lowest BCUT2D eigenvalue weighted by Gasteiger charge is -2.17. The van der Waals surface area contributed by atoms with Crippen molar-refractivity contribution in [1.82, 2.24) is 9.97 Å². The van der Waals surface area contributed by atoms with Crippen LogP contribution in [0.3, 0.4) is 0 Å². The summed E-state index contributed by atoms with van der Waals surface area (Å²) in [7, 11) is 0. The number of nitrogens with one attached hydrogen (secondary N) is 1. The largest absolute Gasteiger partial charge is 0.370 e. The van der Waals surface area contributed by atoms with Crippen molar-refractivity contribution in [3.63, 3.8) is 0 Å². The summed E-state index contributed by atoms with van der Waals surface area (Å²) in [5, 5.41) is 4.58. The number of aryl methyl sites for hydroxylation is 1. The Hall–Kier alpha value is -2.62. The standard InChI is InChI=1S/C20H22N4/c1-15-4-6-17-12-16(5-8-19(17)23-15)13-21-20-9-7-18(14-22-20)24-10-2-3-11-24/h4-9,12,14H,2-3,10-11,13H2,1H3,(H,21,22). The lowest BCUT2D eigenvalue weighted by atomic mass is 10.1. The fraction of sp³-hybridized carbons (Fsp3) is 0.300. The van der Waals surface area contributed by atoms with Gasteiger partial charge in [0.05, 0.1) is 17.4 Å². The summed E-state index contributed by atoms with van der Waals surface area (Å²) in [5.41, 5.74) is 4.56. The Kier molecular flexibility index (Phi) is 4.03. The molecule has 0 aliphatic carbocycles. The Morgan fingerprint density at radius 1 is 1.04 bits per heavy atom. The molecular weight excluding hydrogens is 296 g/mol. The highest BCUT2D eigenvalue weighted by molar-refractivity contribution is 5.79. The van der Waals surface area contributed by atoms with Gasteiger partial charge in [0.15, 0.2) is 0 Å². The molecule has 1 aromatic carbocycles. The maximum absolute atomic E-state index is 4.55. The van der Waals surface area contributed by atoms with E-state index in [1.807, 2.05) is 13.1 Å². The average Bonchev–Trinajstić information content (AvgIpc) is 3.15. The fourth-order valence-corrected chi connectivity index (χ4v) is 3.23. The SMILES string of the molecule is Cc1ccc2cc(CNc3ccc(N4CCCC4)cn3)ccc2n1. The molecule has 4 nitrogen and oxygen atoms in total. The number of pyridine rings is 2. The Labute approximate surface area is 142 Å². The lowest BCUT2D eigenvalue weighted by Crippen LogP contribution is -2.17. The summed E-state index contributed by atoms with van der Waals surface area (Å²) in [4.78, 5) is 11.5. The van der Waals surface area contributed by atoms with Gasteiger partial charge < -0.3 is 10.2 Å². The molecule has 0 unspecified atom stereocenters. The lowest BCUT2D eigenvalue weighted by molar-refractivity contribution is 0.949. The van der Waals surface area contributed by atoms with Crippen molar-refractivity contribution < 1.29 is 0 Å². The van der Waals surface area contributed by atoms with Crippen LogP contribution in [0.1, 0.15) is 24.1 Å². The fourth-order valence-electron chi connectivity index (χ4n) is 3.23. The predicted molar refractivity (Wildman–Crippen MR) is 99.5 cm³/mol. The average molecular weight is 318 g/mol. The van der Waals surface area contributed by atoms with E-state index in [9.17, 15) is 0 Å². The number of rotatable bonds is 4. The summed E-state index contributed by atoms with van der Waals surface area (Å²) >= 11 is 0. The first-order chi connectivity index (χ1) is 11.8. The highest BCUT2D eigenvalue weighted by Gasteiger charge is 2.12. The third-order valence-corrected chi connectivity index (χ3v) is 4.59. The minimum absolute atomic E-state index is 0.764. The van der Waals surface area contributed by atoms with Gasteiger partial charge in [-0.25, -0.2) is 4.98 Å². The van der Waals surface area contributed by atoms with Crippen molar-refractivity contribution in [2.24, 2.45) is 0 Å². The van der Waals surface area contributed by atoms with Crippen molar-refractivity contribution in [3.05, 3.63) is 59.9 Å². The second-order valence-electron chi connectivity index (χ2n) is 6.43. The predicted octanol–water partition coefficient (Wildman–Crippen LogP) is 4.15. The first-order valence-electron chi connectivity index (χ1n) is 8.59. The normalized spacial score (nSPS) is 14.3. The van der Waals surface area contributed by atoms with E-state index in [4.69, 9.17) is 0 Å². The van der Waals surface area contributed by atoms with Gasteiger partial charge in [0, 0.05) is 30.7 Å². The van der Waals surface area contributed by atoms with E-state index in [2.05, 4.69) is 62.6 Å². The van der Waals surface area contributed by atoms with E-state index in [1.165, 1.54) is 29.5 Å². The van der Waals surface area contributed by atoms with Crippen LogP contribution in [0.2, 0.25) is 0 Å². The molecule has 3 aromatic rings. The highest BCUT2D eigenvalue weighted by atomic mass is 15.1. The first kappa shape index (κ1) is 14.9. The third kappa shape index (κ3) is 3.18. The van der Waals surface area contributed by atoms with Crippen molar-refractivity contribution in [3.8, 4) is 0 Å². The van der Waals surface area contributed by atoms with Crippen LogP contribution < -0.4 is 10.2 Å². The van der Waals surface area contributed by atoms with Gasteiger partial charge in [-0.05, 0) is 55.7 Å². The molecule has 3 heterocycles. The quantitative estimate of drug-likeness (QED) is 0.784. The van der Waals surface area contributed by atoms with Crippen LogP contribution >= 0.6 is 0 Å². The Bertz CT molecular complexity index is 836. The molecule has 0 bridgehead atoms. The maximum Gasteiger partial charge on any atom is 0.126 e. The molecule has 1 N–H and O–H groups in total. The van der Waals surface area contributed by atoms with E-state index in [0.717, 1.165) is 36.7 Å². The molecule has 1 aliphatic heterocycles. The zero-order valence-electron chi connectivity index (χ0n) is 14.0. The molecule has 0 radical (unpaired) electrons. The number of hydrogen-bond donors (Lipinski definition) is 1. The monoisotopic (exact) mass is 318 g/mol. The molecule has 1 aliphatic rings. The van der Waals surface area contributed by atoms with Crippen molar-refractivity contribution in [2.75, 3.05) is 23.3 Å². The summed E-state index contributed by atoms with van der Waals surface area (Å²) in [5.74, 6) is 0.917. The Morgan fingerprint density at radius 2 is 1.92 bits per heavy atom. The Balaban J connectivity index is 1.43. The second-order valence-corrected chi connectivity index (χ2v) is 6.43. The first-order valence-corrected chi connectivity index (χ1v) is 8.59. The van der Waals surface area contributed by atoms with Crippen LogP contribution in [0.5, 0.6) is 0 Å². The van der Waals surface area contributed by atoms with Gasteiger partial charge in [-0.3, -0.25) is 4.98 Å². The van der Waals surface area contributed by atoms with E-state index < -0.39 is 0 Å². The van der Waals surface area contributed by atoms with Crippen LogP contribution in [-0.4, -0.2) is 23.1 Å². The van der Waals surface area contributed by atoms with Gasteiger partial charge >= 0.3 is 0 Å². The minimum atomic E-state index is 0.764. The zero-order chi connectivity index (χ0) is 16.4. The summed E-state index contributed by atoms with van der Waals surface area (Å²) in [6.45, 7) is 5.09. The number of benzene rings is 1. The number of aromatic nitrogens is 2. The van der Waals surface area contributed by atoms with Crippen LogP contribution in [0.4, 0.5) is 11.5 Å². The number of nitrogens with zero attached hydrogens (tertiary/aromatic N) is 3. The maximum atomic E-state index is 4.55. The summed E-state index contributed by atoms with van der Waals surface area (Å²) in [6.07, 6.45) is 4.55. The minimum Gasteiger partial charge on any atom is -0.370 e. The zero-order valence-corrected chi connectivity index (χ0v) is 14.0.